The average molecular weight is 394 g/mol. The van der Waals surface area contributed by atoms with Crippen LogP contribution in [0.25, 0.3) is 10.9 Å². The van der Waals surface area contributed by atoms with E-state index in [1.807, 2.05) is 6.20 Å². The van der Waals surface area contributed by atoms with Crippen molar-refractivity contribution in [1.82, 2.24) is 15.2 Å². The topological polar surface area (TPSA) is 57.4 Å². The van der Waals surface area contributed by atoms with Crippen molar-refractivity contribution in [3.8, 4) is 0 Å². The summed E-state index contributed by atoms with van der Waals surface area (Å²) in [7, 11) is 0. The van der Waals surface area contributed by atoms with Crippen LogP contribution in [0.15, 0.2) is 30.5 Å². The van der Waals surface area contributed by atoms with Crippen molar-refractivity contribution in [3.63, 3.8) is 0 Å². The fourth-order valence-electron chi connectivity index (χ4n) is 7.07. The van der Waals surface area contributed by atoms with Crippen molar-refractivity contribution in [1.29, 1.82) is 0 Å². The van der Waals surface area contributed by atoms with Crippen LogP contribution in [0.1, 0.15) is 44.1 Å². The lowest BCUT2D eigenvalue weighted by atomic mass is 9.53. The van der Waals surface area contributed by atoms with E-state index in [1.54, 1.807) is 0 Å². The maximum absolute atomic E-state index is 13.2. The van der Waals surface area contributed by atoms with Crippen LogP contribution in [0.5, 0.6) is 0 Å². The van der Waals surface area contributed by atoms with Crippen molar-refractivity contribution in [2.24, 2.45) is 17.8 Å². The molecule has 1 aromatic heterocycles. The number of H-pyrrole nitrogens is 1. The number of aromatic amines is 1. The van der Waals surface area contributed by atoms with E-state index in [9.17, 15) is 4.79 Å². The molecule has 2 heterocycles. The number of fused-ring (bicyclic) bond motifs is 1. The Morgan fingerprint density at radius 3 is 2.66 bits per heavy atom. The van der Waals surface area contributed by atoms with E-state index in [1.165, 1.54) is 55.0 Å². The molecule has 4 bridgehead atoms. The van der Waals surface area contributed by atoms with Crippen LogP contribution in [0.3, 0.4) is 0 Å². The molecule has 5 fully saturated rings. The molecule has 1 atom stereocenters. The Morgan fingerprint density at radius 2 is 1.90 bits per heavy atom. The second-order valence-corrected chi connectivity index (χ2v) is 10.2. The number of morpholine rings is 1. The molecule has 7 rings (SSSR count). The van der Waals surface area contributed by atoms with Crippen LogP contribution in [-0.2, 0) is 16.1 Å². The highest BCUT2D eigenvalue weighted by Gasteiger charge is 2.52. The number of ether oxygens (including phenoxy) is 1. The minimum atomic E-state index is -0.340. The zero-order valence-corrected chi connectivity index (χ0v) is 17.0. The summed E-state index contributed by atoms with van der Waals surface area (Å²) >= 11 is 0. The molecule has 5 aliphatic rings. The molecule has 1 unspecified atom stereocenters. The molecule has 1 aliphatic heterocycles. The number of benzene rings is 1. The maximum Gasteiger partial charge on any atom is 0.250 e. The Balaban J connectivity index is 1.11. The molecule has 0 radical (unpaired) electrons. The number of amides is 1. The SMILES string of the molecule is O=C(NC12CC3CC(CC(C3)C1)C2)C1CN(Cc2ccc3[nH]ccc3c2)CCO1. The lowest BCUT2D eigenvalue weighted by Crippen LogP contribution is -2.62. The summed E-state index contributed by atoms with van der Waals surface area (Å²) in [5.74, 6) is 2.65. The van der Waals surface area contributed by atoms with Crippen molar-refractivity contribution in [2.75, 3.05) is 19.7 Å². The van der Waals surface area contributed by atoms with Crippen LogP contribution in [0.2, 0.25) is 0 Å². The molecule has 1 aromatic carbocycles. The molecule has 1 amide bonds. The molecule has 0 spiro atoms. The molecular formula is C24H31N3O2. The number of carbonyl (C=O) groups excluding carboxylic acids is 1. The summed E-state index contributed by atoms with van der Waals surface area (Å²) in [6, 6.07) is 8.67. The van der Waals surface area contributed by atoms with Gasteiger partial charge in [-0.1, -0.05) is 6.07 Å². The third kappa shape index (κ3) is 3.38. The van der Waals surface area contributed by atoms with Crippen molar-refractivity contribution in [2.45, 2.75) is 56.7 Å². The van der Waals surface area contributed by atoms with Gasteiger partial charge in [-0.3, -0.25) is 9.69 Å². The number of rotatable bonds is 4. The monoisotopic (exact) mass is 393 g/mol. The average Bonchev–Trinajstić information content (AvgIpc) is 3.14. The van der Waals surface area contributed by atoms with Gasteiger partial charge in [0.05, 0.1) is 6.61 Å². The zero-order chi connectivity index (χ0) is 19.4. The van der Waals surface area contributed by atoms with Gasteiger partial charge in [0.2, 0.25) is 0 Å². The third-order valence-corrected chi connectivity index (χ3v) is 7.89. The van der Waals surface area contributed by atoms with E-state index >= 15 is 0 Å². The molecule has 2 N–H and O–H groups in total. The summed E-state index contributed by atoms with van der Waals surface area (Å²) in [6.45, 7) is 3.06. The van der Waals surface area contributed by atoms with E-state index in [2.05, 4.69) is 39.5 Å². The second-order valence-electron chi connectivity index (χ2n) is 10.2. The largest absolute Gasteiger partial charge is 0.366 e. The first-order valence-electron chi connectivity index (χ1n) is 11.4. The molecule has 5 heteroatoms. The van der Waals surface area contributed by atoms with Gasteiger partial charge in [-0.25, -0.2) is 0 Å². The van der Waals surface area contributed by atoms with E-state index in [4.69, 9.17) is 4.74 Å². The van der Waals surface area contributed by atoms with Gasteiger partial charge in [-0.05, 0) is 85.4 Å². The third-order valence-electron chi connectivity index (χ3n) is 7.89. The molecule has 154 valence electrons. The highest BCUT2D eigenvalue weighted by molar-refractivity contribution is 5.82. The summed E-state index contributed by atoms with van der Waals surface area (Å²) in [5, 5.41) is 4.75. The van der Waals surface area contributed by atoms with Crippen molar-refractivity contribution < 1.29 is 9.53 Å². The lowest BCUT2D eigenvalue weighted by Gasteiger charge is -2.57. The predicted molar refractivity (Wildman–Crippen MR) is 112 cm³/mol. The van der Waals surface area contributed by atoms with Crippen LogP contribution in [-0.4, -0.2) is 47.1 Å². The standard InChI is InChI=1S/C24H31N3O2/c28-23(26-24-11-17-7-18(12-24)9-19(8-17)13-24)22-15-27(5-6-29-22)14-16-1-2-21-20(10-16)3-4-25-21/h1-4,10,17-19,22,25H,5-9,11-15H2,(H,26,28). The quantitative estimate of drug-likeness (QED) is 0.836. The van der Waals surface area contributed by atoms with Gasteiger partial charge < -0.3 is 15.0 Å². The van der Waals surface area contributed by atoms with Crippen molar-refractivity contribution in [3.05, 3.63) is 36.0 Å². The highest BCUT2D eigenvalue weighted by Crippen LogP contribution is 2.55. The molecule has 1 saturated heterocycles. The van der Waals surface area contributed by atoms with Crippen molar-refractivity contribution >= 4 is 16.8 Å². The van der Waals surface area contributed by atoms with Crippen LogP contribution in [0, 0.1) is 17.8 Å². The smallest absolute Gasteiger partial charge is 0.250 e. The van der Waals surface area contributed by atoms with Crippen LogP contribution in [0.4, 0.5) is 0 Å². The lowest BCUT2D eigenvalue weighted by molar-refractivity contribution is -0.144. The first-order chi connectivity index (χ1) is 14.1. The summed E-state index contributed by atoms with van der Waals surface area (Å²) in [5.41, 5.74) is 2.53. The minimum Gasteiger partial charge on any atom is -0.366 e. The molecular weight excluding hydrogens is 362 g/mol. The molecule has 4 aliphatic carbocycles. The summed E-state index contributed by atoms with van der Waals surface area (Å²) in [6.07, 6.45) is 9.41. The highest BCUT2D eigenvalue weighted by atomic mass is 16.5. The Labute approximate surface area is 172 Å². The van der Waals surface area contributed by atoms with Crippen LogP contribution < -0.4 is 5.32 Å². The summed E-state index contributed by atoms with van der Waals surface area (Å²) in [4.78, 5) is 18.8. The van der Waals surface area contributed by atoms with E-state index in [-0.39, 0.29) is 17.6 Å². The van der Waals surface area contributed by atoms with E-state index in [0.717, 1.165) is 30.8 Å². The van der Waals surface area contributed by atoms with Gasteiger partial charge in [0.1, 0.15) is 6.10 Å². The molecule has 2 aromatic rings. The van der Waals surface area contributed by atoms with Gasteiger partial charge in [0, 0.05) is 36.9 Å². The maximum atomic E-state index is 13.2. The van der Waals surface area contributed by atoms with Gasteiger partial charge in [-0.15, -0.1) is 0 Å². The number of hydrogen-bond acceptors (Lipinski definition) is 3. The number of carbonyl (C=O) groups is 1. The van der Waals surface area contributed by atoms with E-state index < -0.39 is 0 Å². The number of aromatic nitrogens is 1. The minimum absolute atomic E-state index is 0.0663. The number of hydrogen-bond donors (Lipinski definition) is 2. The Hall–Kier alpha value is -1.85. The predicted octanol–water partition coefficient (Wildman–Crippen LogP) is 3.45. The number of nitrogens with zero attached hydrogens (tertiary/aromatic N) is 1. The first kappa shape index (κ1) is 18.0. The molecule has 29 heavy (non-hydrogen) atoms. The van der Waals surface area contributed by atoms with Crippen LogP contribution >= 0.6 is 0 Å². The van der Waals surface area contributed by atoms with E-state index in [0.29, 0.717) is 13.2 Å². The Bertz CT molecular complexity index is 884. The summed E-state index contributed by atoms with van der Waals surface area (Å²) < 4.78 is 5.92. The first-order valence-corrected chi connectivity index (χ1v) is 11.4. The Kier molecular flexibility index (Phi) is 4.24. The second kappa shape index (κ2) is 6.85. The normalized spacial score (nSPS) is 36.6. The van der Waals surface area contributed by atoms with Gasteiger partial charge in [0.15, 0.2) is 0 Å². The number of nitrogens with one attached hydrogen (secondary N) is 2. The fraction of sp³-hybridized carbons (Fsp3) is 0.625. The zero-order valence-electron chi connectivity index (χ0n) is 17.0. The Morgan fingerprint density at radius 1 is 1.14 bits per heavy atom. The van der Waals surface area contributed by atoms with Gasteiger partial charge in [-0.2, -0.15) is 0 Å². The van der Waals surface area contributed by atoms with Gasteiger partial charge >= 0.3 is 0 Å². The van der Waals surface area contributed by atoms with Gasteiger partial charge in [0.25, 0.3) is 5.91 Å². The molecule has 5 nitrogen and oxygen atoms in total. The molecule has 4 saturated carbocycles. The fourth-order valence-corrected chi connectivity index (χ4v) is 7.07.